The number of aliphatic hydroxyl groups is 1. The SMILES string of the molecule is O=C(N[C@@H](CO)C(=O)NCCc1ccc(O)c(O)c1)c1cc(O)c(O)c(O)c1. The minimum absolute atomic E-state index is 0.135. The van der Waals surface area contributed by atoms with Gasteiger partial charge in [-0.15, -0.1) is 0 Å². The van der Waals surface area contributed by atoms with E-state index >= 15 is 0 Å². The van der Waals surface area contributed by atoms with Crippen LogP contribution in [0.2, 0.25) is 0 Å². The van der Waals surface area contributed by atoms with Gasteiger partial charge in [-0.2, -0.15) is 0 Å². The third kappa shape index (κ3) is 4.95. The Morgan fingerprint density at radius 3 is 2.11 bits per heavy atom. The normalized spacial score (nSPS) is 11.6. The zero-order valence-corrected chi connectivity index (χ0v) is 14.6. The van der Waals surface area contributed by atoms with Crippen LogP contribution in [0.15, 0.2) is 30.3 Å². The number of hydrogen-bond acceptors (Lipinski definition) is 8. The van der Waals surface area contributed by atoms with Gasteiger partial charge >= 0.3 is 0 Å². The van der Waals surface area contributed by atoms with Crippen molar-refractivity contribution in [1.29, 1.82) is 0 Å². The van der Waals surface area contributed by atoms with E-state index in [0.29, 0.717) is 12.0 Å². The molecule has 0 saturated carbocycles. The lowest BCUT2D eigenvalue weighted by Gasteiger charge is -2.16. The van der Waals surface area contributed by atoms with Crippen LogP contribution in [0.5, 0.6) is 28.7 Å². The summed E-state index contributed by atoms with van der Waals surface area (Å²) < 4.78 is 0. The number of nitrogens with one attached hydrogen (secondary N) is 2. The number of aliphatic hydroxyl groups excluding tert-OH is 1. The van der Waals surface area contributed by atoms with E-state index in [-0.39, 0.29) is 23.6 Å². The zero-order chi connectivity index (χ0) is 20.8. The zero-order valence-electron chi connectivity index (χ0n) is 14.6. The fraction of sp³-hybridized carbons (Fsp3) is 0.222. The molecule has 28 heavy (non-hydrogen) atoms. The van der Waals surface area contributed by atoms with Gasteiger partial charge in [-0.05, 0) is 36.2 Å². The molecule has 0 aliphatic heterocycles. The fourth-order valence-corrected chi connectivity index (χ4v) is 2.35. The molecule has 10 nitrogen and oxygen atoms in total. The van der Waals surface area contributed by atoms with Crippen molar-refractivity contribution < 1.29 is 40.2 Å². The molecule has 0 aromatic heterocycles. The number of carbonyl (C=O) groups excluding carboxylic acids is 2. The van der Waals surface area contributed by atoms with Crippen molar-refractivity contribution in [2.45, 2.75) is 12.5 Å². The maximum absolute atomic E-state index is 12.1. The Hall–Kier alpha value is -3.66. The van der Waals surface area contributed by atoms with Crippen molar-refractivity contribution in [3.63, 3.8) is 0 Å². The van der Waals surface area contributed by atoms with Gasteiger partial charge in [0.15, 0.2) is 28.7 Å². The summed E-state index contributed by atoms with van der Waals surface area (Å²) in [7, 11) is 0. The molecule has 10 heteroatoms. The van der Waals surface area contributed by atoms with Gasteiger partial charge in [-0.1, -0.05) is 6.07 Å². The van der Waals surface area contributed by atoms with E-state index in [1.807, 2.05) is 0 Å². The molecular formula is C18H20N2O8. The number of phenols is 5. The summed E-state index contributed by atoms with van der Waals surface area (Å²) in [5.41, 5.74) is 0.425. The molecule has 150 valence electrons. The Morgan fingerprint density at radius 1 is 0.893 bits per heavy atom. The number of rotatable bonds is 7. The Morgan fingerprint density at radius 2 is 1.54 bits per heavy atom. The van der Waals surface area contributed by atoms with E-state index in [9.17, 15) is 40.2 Å². The highest BCUT2D eigenvalue weighted by atomic mass is 16.3. The summed E-state index contributed by atoms with van der Waals surface area (Å²) in [6.45, 7) is -0.566. The van der Waals surface area contributed by atoms with Crippen molar-refractivity contribution in [2.24, 2.45) is 0 Å². The van der Waals surface area contributed by atoms with E-state index in [0.717, 1.165) is 12.1 Å². The Balaban J connectivity index is 1.93. The average Bonchev–Trinajstić information content (AvgIpc) is 2.66. The molecule has 0 saturated heterocycles. The van der Waals surface area contributed by atoms with Gasteiger partial charge in [0.2, 0.25) is 5.91 Å². The van der Waals surface area contributed by atoms with Crippen molar-refractivity contribution in [3.8, 4) is 28.7 Å². The highest BCUT2D eigenvalue weighted by Crippen LogP contribution is 2.35. The van der Waals surface area contributed by atoms with Crippen LogP contribution in [0.1, 0.15) is 15.9 Å². The molecule has 0 aliphatic rings. The molecular weight excluding hydrogens is 372 g/mol. The molecule has 0 fully saturated rings. The van der Waals surface area contributed by atoms with Gasteiger partial charge in [-0.25, -0.2) is 0 Å². The van der Waals surface area contributed by atoms with E-state index < -0.39 is 41.7 Å². The second-order valence-corrected chi connectivity index (χ2v) is 5.94. The number of hydrogen-bond donors (Lipinski definition) is 8. The minimum Gasteiger partial charge on any atom is -0.504 e. The van der Waals surface area contributed by atoms with Crippen LogP contribution in [0, 0.1) is 0 Å². The van der Waals surface area contributed by atoms with Gasteiger partial charge in [0.1, 0.15) is 6.04 Å². The topological polar surface area (TPSA) is 180 Å². The molecule has 2 rings (SSSR count). The predicted octanol–water partition coefficient (Wildman–Crippen LogP) is -0.336. The molecule has 0 radical (unpaired) electrons. The highest BCUT2D eigenvalue weighted by Gasteiger charge is 2.22. The molecule has 2 amide bonds. The first kappa shape index (κ1) is 20.6. The number of amides is 2. The predicted molar refractivity (Wildman–Crippen MR) is 96.3 cm³/mol. The Labute approximate surface area is 159 Å². The van der Waals surface area contributed by atoms with Crippen molar-refractivity contribution in [1.82, 2.24) is 10.6 Å². The van der Waals surface area contributed by atoms with E-state index in [1.165, 1.54) is 12.1 Å². The number of carbonyl (C=O) groups is 2. The number of aromatic hydroxyl groups is 5. The summed E-state index contributed by atoms with van der Waals surface area (Å²) in [5.74, 6) is -4.30. The molecule has 2 aromatic carbocycles. The standard InChI is InChI=1S/C18H20N2O8/c21-8-11(20-17(27)10-6-14(24)16(26)15(25)7-10)18(28)19-4-3-9-1-2-12(22)13(23)5-9/h1-2,5-7,11,21-26H,3-4,8H2,(H,19,28)(H,20,27)/t11-/m0/s1. The maximum atomic E-state index is 12.1. The summed E-state index contributed by atoms with van der Waals surface area (Å²) in [6, 6.07) is 4.72. The van der Waals surface area contributed by atoms with Gasteiger partial charge in [-0.3, -0.25) is 9.59 Å². The summed E-state index contributed by atoms with van der Waals surface area (Å²) >= 11 is 0. The Kier molecular flexibility index (Phi) is 6.51. The van der Waals surface area contributed by atoms with Crippen LogP contribution in [0.25, 0.3) is 0 Å². The third-order valence-corrected chi connectivity index (χ3v) is 3.89. The monoisotopic (exact) mass is 392 g/mol. The molecule has 0 unspecified atom stereocenters. The van der Waals surface area contributed by atoms with Crippen molar-refractivity contribution in [2.75, 3.05) is 13.2 Å². The lowest BCUT2D eigenvalue weighted by Crippen LogP contribution is -2.49. The van der Waals surface area contributed by atoms with Gasteiger partial charge in [0.25, 0.3) is 5.91 Å². The molecule has 0 aliphatic carbocycles. The molecule has 0 bridgehead atoms. The fourth-order valence-electron chi connectivity index (χ4n) is 2.35. The molecule has 8 N–H and O–H groups in total. The van der Waals surface area contributed by atoms with Crippen LogP contribution in [0.4, 0.5) is 0 Å². The summed E-state index contributed by atoms with van der Waals surface area (Å²) in [5, 5.41) is 61.0. The van der Waals surface area contributed by atoms with Crippen molar-refractivity contribution >= 4 is 11.8 Å². The van der Waals surface area contributed by atoms with Crippen LogP contribution >= 0.6 is 0 Å². The number of benzene rings is 2. The van der Waals surface area contributed by atoms with Crippen LogP contribution in [-0.2, 0) is 11.2 Å². The lowest BCUT2D eigenvalue weighted by atomic mass is 10.1. The molecule has 0 spiro atoms. The summed E-state index contributed by atoms with van der Waals surface area (Å²) in [4.78, 5) is 24.3. The van der Waals surface area contributed by atoms with Crippen LogP contribution < -0.4 is 10.6 Å². The van der Waals surface area contributed by atoms with E-state index in [2.05, 4.69) is 10.6 Å². The molecule has 2 aromatic rings. The third-order valence-electron chi connectivity index (χ3n) is 3.89. The van der Waals surface area contributed by atoms with E-state index in [4.69, 9.17) is 0 Å². The highest BCUT2D eigenvalue weighted by molar-refractivity contribution is 5.98. The van der Waals surface area contributed by atoms with Crippen molar-refractivity contribution in [3.05, 3.63) is 41.5 Å². The average molecular weight is 392 g/mol. The Bertz CT molecular complexity index is 861. The number of phenolic OH excluding ortho intramolecular Hbond substituents is 5. The first-order valence-electron chi connectivity index (χ1n) is 8.18. The second-order valence-electron chi connectivity index (χ2n) is 5.94. The first-order chi connectivity index (χ1) is 13.2. The molecule has 1 atom stereocenters. The van der Waals surface area contributed by atoms with E-state index in [1.54, 1.807) is 6.07 Å². The molecule has 0 heterocycles. The lowest BCUT2D eigenvalue weighted by molar-refractivity contribution is -0.123. The van der Waals surface area contributed by atoms with Gasteiger partial charge in [0, 0.05) is 12.1 Å². The van der Waals surface area contributed by atoms with Gasteiger partial charge < -0.3 is 41.3 Å². The first-order valence-corrected chi connectivity index (χ1v) is 8.18. The minimum atomic E-state index is -1.29. The van der Waals surface area contributed by atoms with Crippen LogP contribution in [0.3, 0.4) is 0 Å². The second kappa shape index (κ2) is 8.82. The smallest absolute Gasteiger partial charge is 0.252 e. The van der Waals surface area contributed by atoms with Gasteiger partial charge in [0.05, 0.1) is 6.61 Å². The summed E-state index contributed by atoms with van der Waals surface area (Å²) in [6.07, 6.45) is 0.325. The largest absolute Gasteiger partial charge is 0.504 e. The maximum Gasteiger partial charge on any atom is 0.252 e. The quantitative estimate of drug-likeness (QED) is 0.295. The van der Waals surface area contributed by atoms with Crippen LogP contribution in [-0.4, -0.2) is 61.6 Å².